The van der Waals surface area contributed by atoms with Crippen LogP contribution in [-0.4, -0.2) is 57.2 Å². The van der Waals surface area contributed by atoms with E-state index in [1.165, 1.54) is 28.3 Å². The van der Waals surface area contributed by atoms with Gasteiger partial charge in [-0.25, -0.2) is 0 Å². The van der Waals surface area contributed by atoms with Crippen molar-refractivity contribution in [3.63, 3.8) is 0 Å². The lowest BCUT2D eigenvalue weighted by Gasteiger charge is -2.34. The number of carbonyl (C=O) groups is 1. The molecule has 1 heterocycles. The molecule has 0 aromatic heterocycles. The second-order valence-electron chi connectivity index (χ2n) is 7.51. The lowest BCUT2D eigenvalue weighted by molar-refractivity contribution is -0.127. The van der Waals surface area contributed by atoms with E-state index in [1.807, 2.05) is 18.2 Å². The van der Waals surface area contributed by atoms with Gasteiger partial charge in [0.1, 0.15) is 5.75 Å². The first kappa shape index (κ1) is 20.1. The largest absolute Gasteiger partial charge is 0.497 e. The highest BCUT2D eigenvalue weighted by Gasteiger charge is 2.34. The number of benzene rings is 1. The standard InChI is InChI=1S/C19H29N3O4S/c1-21(2)27(24,25)22-11-5-7-15(13-22)19(23)20-18-8-4-6-14-12-16(26-3)9-10-17(14)18/h9-10,12,15,18H,4-8,11,13H2,1-3H3,(H,20,23)/t15-,18-/m0/s1. The number of ether oxygens (including phenoxy) is 1. The van der Waals surface area contributed by atoms with Crippen LogP contribution in [0.3, 0.4) is 0 Å². The second kappa shape index (κ2) is 8.16. The first-order valence-electron chi connectivity index (χ1n) is 9.47. The summed E-state index contributed by atoms with van der Waals surface area (Å²) in [6, 6.07) is 5.98. The molecule has 0 spiro atoms. The molecule has 1 aromatic carbocycles. The molecule has 0 saturated carbocycles. The van der Waals surface area contributed by atoms with E-state index in [4.69, 9.17) is 4.74 Å². The number of nitrogens with zero attached hydrogens (tertiary/aromatic N) is 2. The zero-order valence-electron chi connectivity index (χ0n) is 16.3. The zero-order valence-corrected chi connectivity index (χ0v) is 17.1. The molecular formula is C19H29N3O4S. The molecule has 3 rings (SSSR count). The van der Waals surface area contributed by atoms with Gasteiger partial charge in [-0.05, 0) is 55.4 Å². The van der Waals surface area contributed by atoms with E-state index < -0.39 is 10.2 Å². The van der Waals surface area contributed by atoms with E-state index in [0.29, 0.717) is 19.4 Å². The van der Waals surface area contributed by atoms with Gasteiger partial charge in [-0.1, -0.05) is 6.07 Å². The molecule has 1 fully saturated rings. The number of nitrogens with one attached hydrogen (secondary N) is 1. The van der Waals surface area contributed by atoms with E-state index in [9.17, 15) is 13.2 Å². The molecule has 1 aromatic rings. The van der Waals surface area contributed by atoms with Gasteiger partial charge < -0.3 is 10.1 Å². The topological polar surface area (TPSA) is 79.0 Å². The molecule has 27 heavy (non-hydrogen) atoms. The van der Waals surface area contributed by atoms with Crippen LogP contribution in [-0.2, 0) is 21.4 Å². The Bertz CT molecular complexity index is 794. The van der Waals surface area contributed by atoms with Crippen LogP contribution in [0.5, 0.6) is 5.75 Å². The van der Waals surface area contributed by atoms with E-state index in [-0.39, 0.29) is 24.4 Å². The number of piperidine rings is 1. The fourth-order valence-electron chi connectivity index (χ4n) is 3.95. The SMILES string of the molecule is COc1ccc2c(c1)CCC[C@@H]2NC(=O)[C@H]1CCCN(S(=O)(=O)N(C)C)C1. The Labute approximate surface area is 161 Å². The van der Waals surface area contributed by atoms with Crippen LogP contribution in [0.2, 0.25) is 0 Å². The monoisotopic (exact) mass is 395 g/mol. The van der Waals surface area contributed by atoms with Gasteiger partial charge in [0.2, 0.25) is 5.91 Å². The molecule has 2 atom stereocenters. The maximum Gasteiger partial charge on any atom is 0.281 e. The highest BCUT2D eigenvalue weighted by molar-refractivity contribution is 7.86. The minimum atomic E-state index is -3.48. The summed E-state index contributed by atoms with van der Waals surface area (Å²) >= 11 is 0. The number of aryl methyl sites for hydroxylation is 1. The lowest BCUT2D eigenvalue weighted by Crippen LogP contribution is -2.49. The van der Waals surface area contributed by atoms with Crippen LogP contribution in [0.4, 0.5) is 0 Å². The Morgan fingerprint density at radius 3 is 2.74 bits per heavy atom. The van der Waals surface area contributed by atoms with Crippen molar-refractivity contribution in [3.8, 4) is 5.75 Å². The van der Waals surface area contributed by atoms with Crippen molar-refractivity contribution in [2.75, 3.05) is 34.3 Å². The summed E-state index contributed by atoms with van der Waals surface area (Å²) in [4.78, 5) is 12.9. The average Bonchev–Trinajstić information content (AvgIpc) is 2.67. The van der Waals surface area contributed by atoms with Gasteiger partial charge in [-0.2, -0.15) is 17.0 Å². The summed E-state index contributed by atoms with van der Waals surface area (Å²) in [5.41, 5.74) is 2.36. The van der Waals surface area contributed by atoms with Crippen molar-refractivity contribution in [2.45, 2.75) is 38.1 Å². The molecule has 0 radical (unpaired) electrons. The van der Waals surface area contributed by atoms with Crippen molar-refractivity contribution in [2.24, 2.45) is 5.92 Å². The van der Waals surface area contributed by atoms with Gasteiger partial charge >= 0.3 is 0 Å². The zero-order chi connectivity index (χ0) is 19.6. The number of hydrogen-bond donors (Lipinski definition) is 1. The average molecular weight is 396 g/mol. The summed E-state index contributed by atoms with van der Waals surface area (Å²) in [5.74, 6) is 0.469. The Morgan fingerprint density at radius 1 is 1.26 bits per heavy atom. The highest BCUT2D eigenvalue weighted by Crippen LogP contribution is 2.33. The number of methoxy groups -OCH3 is 1. The Balaban J connectivity index is 1.69. The molecule has 150 valence electrons. The lowest BCUT2D eigenvalue weighted by atomic mass is 9.87. The van der Waals surface area contributed by atoms with Crippen molar-refractivity contribution in [1.82, 2.24) is 13.9 Å². The normalized spacial score (nSPS) is 23.7. The van der Waals surface area contributed by atoms with Crippen molar-refractivity contribution >= 4 is 16.1 Å². The Morgan fingerprint density at radius 2 is 2.04 bits per heavy atom. The molecule has 0 bridgehead atoms. The Kier molecular flexibility index (Phi) is 6.08. The van der Waals surface area contributed by atoms with E-state index in [1.54, 1.807) is 7.11 Å². The van der Waals surface area contributed by atoms with Gasteiger partial charge in [0.15, 0.2) is 0 Å². The molecule has 1 aliphatic carbocycles. The molecular weight excluding hydrogens is 366 g/mol. The number of amides is 1. The molecule has 7 nitrogen and oxygen atoms in total. The Hall–Kier alpha value is -1.64. The van der Waals surface area contributed by atoms with Crippen LogP contribution in [0.25, 0.3) is 0 Å². The minimum absolute atomic E-state index is 0.0204. The molecule has 8 heteroatoms. The molecule has 2 aliphatic rings. The van der Waals surface area contributed by atoms with Crippen molar-refractivity contribution < 1.29 is 17.9 Å². The molecule has 1 saturated heterocycles. The quantitative estimate of drug-likeness (QED) is 0.823. The van der Waals surface area contributed by atoms with Crippen LogP contribution in [0.1, 0.15) is 42.9 Å². The van der Waals surface area contributed by atoms with Crippen LogP contribution in [0, 0.1) is 5.92 Å². The maximum atomic E-state index is 12.9. The first-order valence-corrected chi connectivity index (χ1v) is 10.9. The summed E-state index contributed by atoms with van der Waals surface area (Å²) < 4.78 is 32.7. The fraction of sp³-hybridized carbons (Fsp3) is 0.632. The predicted molar refractivity (Wildman–Crippen MR) is 104 cm³/mol. The van der Waals surface area contributed by atoms with E-state index in [0.717, 1.165) is 30.6 Å². The van der Waals surface area contributed by atoms with Gasteiger partial charge in [0, 0.05) is 27.2 Å². The predicted octanol–water partition coefficient (Wildman–Crippen LogP) is 1.71. The van der Waals surface area contributed by atoms with Gasteiger partial charge in [0.05, 0.1) is 19.1 Å². The number of hydrogen-bond acceptors (Lipinski definition) is 4. The maximum absolute atomic E-state index is 12.9. The molecule has 1 N–H and O–H groups in total. The molecule has 0 unspecified atom stereocenters. The number of fused-ring (bicyclic) bond motifs is 1. The van der Waals surface area contributed by atoms with Crippen LogP contribution < -0.4 is 10.1 Å². The van der Waals surface area contributed by atoms with E-state index in [2.05, 4.69) is 5.32 Å². The first-order chi connectivity index (χ1) is 12.8. The van der Waals surface area contributed by atoms with E-state index >= 15 is 0 Å². The van der Waals surface area contributed by atoms with Gasteiger partial charge in [-0.3, -0.25) is 4.79 Å². The molecule has 1 amide bonds. The smallest absolute Gasteiger partial charge is 0.281 e. The summed E-state index contributed by atoms with van der Waals surface area (Å²) in [5, 5.41) is 3.17. The third-order valence-corrected chi connectivity index (χ3v) is 7.43. The van der Waals surface area contributed by atoms with Crippen LogP contribution in [0.15, 0.2) is 18.2 Å². The molecule has 1 aliphatic heterocycles. The minimum Gasteiger partial charge on any atom is -0.497 e. The van der Waals surface area contributed by atoms with Crippen molar-refractivity contribution in [1.29, 1.82) is 0 Å². The second-order valence-corrected chi connectivity index (χ2v) is 9.65. The summed E-state index contributed by atoms with van der Waals surface area (Å²) in [6.45, 7) is 0.713. The van der Waals surface area contributed by atoms with Gasteiger partial charge in [0.25, 0.3) is 10.2 Å². The third-order valence-electron chi connectivity index (χ3n) is 5.52. The summed E-state index contributed by atoms with van der Waals surface area (Å²) in [6.07, 6.45) is 4.31. The highest BCUT2D eigenvalue weighted by atomic mass is 32.2. The fourth-order valence-corrected chi connectivity index (χ4v) is 5.14. The number of carbonyl (C=O) groups excluding carboxylic acids is 1. The van der Waals surface area contributed by atoms with Gasteiger partial charge in [-0.15, -0.1) is 0 Å². The van der Waals surface area contributed by atoms with Crippen molar-refractivity contribution in [3.05, 3.63) is 29.3 Å². The number of rotatable bonds is 5. The third kappa shape index (κ3) is 4.28. The van der Waals surface area contributed by atoms with Crippen LogP contribution >= 0.6 is 0 Å². The summed E-state index contributed by atoms with van der Waals surface area (Å²) in [7, 11) is 1.21.